The first kappa shape index (κ1) is 16.8. The molecule has 0 aromatic heterocycles. The molecule has 2 unspecified atom stereocenters. The van der Waals surface area contributed by atoms with Crippen molar-refractivity contribution in [3.63, 3.8) is 0 Å². The third-order valence-corrected chi connectivity index (χ3v) is 3.28. The van der Waals surface area contributed by atoms with Crippen LogP contribution in [0.3, 0.4) is 0 Å². The molecule has 0 radical (unpaired) electrons. The number of benzene rings is 1. The monoisotopic (exact) mass is 282 g/mol. The number of hydrogen-bond acceptors (Lipinski definition) is 5. The van der Waals surface area contributed by atoms with Crippen molar-refractivity contribution in [1.82, 2.24) is 5.43 Å². The quantitative estimate of drug-likeness (QED) is 0.538. The fourth-order valence-electron chi connectivity index (χ4n) is 2.41. The average molecular weight is 282 g/mol. The van der Waals surface area contributed by atoms with Crippen LogP contribution < -0.4 is 20.7 Å². The summed E-state index contributed by atoms with van der Waals surface area (Å²) >= 11 is 0. The van der Waals surface area contributed by atoms with Crippen molar-refractivity contribution in [2.75, 3.05) is 20.8 Å². The minimum atomic E-state index is -0.180. The molecule has 5 heteroatoms. The Kier molecular flexibility index (Phi) is 7.36. The number of hydrogen-bond donors (Lipinski definition) is 2. The van der Waals surface area contributed by atoms with E-state index in [2.05, 4.69) is 12.3 Å². The van der Waals surface area contributed by atoms with E-state index in [4.69, 9.17) is 20.1 Å². The van der Waals surface area contributed by atoms with Gasteiger partial charge in [0.15, 0.2) is 0 Å². The normalized spacial score (nSPS) is 13.8. The van der Waals surface area contributed by atoms with Gasteiger partial charge in [0.1, 0.15) is 11.5 Å². The SMILES string of the molecule is CCCC(OCC)C(NN)c1c(OC)cccc1OC. The highest BCUT2D eigenvalue weighted by Gasteiger charge is 2.28. The molecule has 0 saturated carbocycles. The highest BCUT2D eigenvalue weighted by atomic mass is 16.5. The summed E-state index contributed by atoms with van der Waals surface area (Å²) < 4.78 is 16.7. The van der Waals surface area contributed by atoms with Crippen LogP contribution in [0, 0.1) is 0 Å². The van der Waals surface area contributed by atoms with Crippen molar-refractivity contribution >= 4 is 0 Å². The molecule has 2 atom stereocenters. The zero-order valence-corrected chi connectivity index (χ0v) is 12.8. The third-order valence-electron chi connectivity index (χ3n) is 3.28. The van der Waals surface area contributed by atoms with Gasteiger partial charge < -0.3 is 14.2 Å². The second-order valence-electron chi connectivity index (χ2n) is 4.50. The molecule has 0 bridgehead atoms. The maximum absolute atomic E-state index is 5.84. The predicted octanol–water partition coefficient (Wildman–Crippen LogP) is 2.41. The maximum atomic E-state index is 5.84. The number of rotatable bonds is 9. The van der Waals surface area contributed by atoms with Gasteiger partial charge in [0.25, 0.3) is 0 Å². The third kappa shape index (κ3) is 3.85. The summed E-state index contributed by atoms with van der Waals surface area (Å²) in [5, 5.41) is 0. The Labute approximate surface area is 121 Å². The number of nitrogens with two attached hydrogens (primary N) is 1. The van der Waals surface area contributed by atoms with E-state index < -0.39 is 0 Å². The molecule has 20 heavy (non-hydrogen) atoms. The molecule has 0 amide bonds. The number of methoxy groups -OCH3 is 2. The van der Waals surface area contributed by atoms with Crippen molar-refractivity contribution in [2.45, 2.75) is 38.8 Å². The Balaban J connectivity index is 3.20. The second kappa shape index (κ2) is 8.79. The van der Waals surface area contributed by atoms with Crippen LogP contribution in [-0.2, 0) is 4.74 Å². The van der Waals surface area contributed by atoms with Crippen molar-refractivity contribution < 1.29 is 14.2 Å². The number of nitrogens with one attached hydrogen (secondary N) is 1. The van der Waals surface area contributed by atoms with E-state index in [9.17, 15) is 0 Å². The zero-order valence-electron chi connectivity index (χ0n) is 12.8. The van der Waals surface area contributed by atoms with Crippen molar-refractivity contribution in [2.24, 2.45) is 5.84 Å². The molecule has 1 aromatic rings. The van der Waals surface area contributed by atoms with Gasteiger partial charge in [-0.3, -0.25) is 11.3 Å². The fraction of sp³-hybridized carbons (Fsp3) is 0.600. The predicted molar refractivity (Wildman–Crippen MR) is 79.9 cm³/mol. The standard InChI is InChI=1S/C15H26N2O3/c1-5-8-13(20-6-2)15(17-16)14-11(18-3)9-7-10-12(14)19-4/h7,9-10,13,15,17H,5-6,8,16H2,1-4H3. The van der Waals surface area contributed by atoms with E-state index in [0.29, 0.717) is 6.61 Å². The first-order chi connectivity index (χ1) is 9.73. The van der Waals surface area contributed by atoms with Gasteiger partial charge in [-0.05, 0) is 25.5 Å². The summed E-state index contributed by atoms with van der Waals surface area (Å²) in [7, 11) is 3.28. The lowest BCUT2D eigenvalue weighted by molar-refractivity contribution is 0.0264. The van der Waals surface area contributed by atoms with Gasteiger partial charge in [0, 0.05) is 6.61 Å². The van der Waals surface area contributed by atoms with Crippen LogP contribution in [0.2, 0.25) is 0 Å². The van der Waals surface area contributed by atoms with Gasteiger partial charge in [-0.25, -0.2) is 0 Å². The van der Waals surface area contributed by atoms with E-state index in [1.165, 1.54) is 0 Å². The Hall–Kier alpha value is -1.30. The molecule has 0 heterocycles. The van der Waals surface area contributed by atoms with Crippen LogP contribution in [-0.4, -0.2) is 26.9 Å². The van der Waals surface area contributed by atoms with Crippen LogP contribution >= 0.6 is 0 Å². The lowest BCUT2D eigenvalue weighted by Crippen LogP contribution is -2.38. The van der Waals surface area contributed by atoms with Crippen molar-refractivity contribution in [3.8, 4) is 11.5 Å². The molecule has 0 spiro atoms. The molecule has 1 aromatic carbocycles. The molecule has 3 N–H and O–H groups in total. The Morgan fingerprint density at radius 3 is 2.15 bits per heavy atom. The summed E-state index contributed by atoms with van der Waals surface area (Å²) in [6, 6.07) is 5.51. The Bertz CT molecular complexity index is 370. The van der Waals surface area contributed by atoms with Gasteiger partial charge in [0.05, 0.1) is 31.9 Å². The van der Waals surface area contributed by atoms with Gasteiger partial charge >= 0.3 is 0 Å². The Morgan fingerprint density at radius 2 is 1.75 bits per heavy atom. The van der Waals surface area contributed by atoms with E-state index in [1.807, 2.05) is 25.1 Å². The summed E-state index contributed by atoms with van der Waals surface area (Å²) in [5.41, 5.74) is 3.75. The van der Waals surface area contributed by atoms with Gasteiger partial charge in [-0.15, -0.1) is 0 Å². The van der Waals surface area contributed by atoms with Crippen molar-refractivity contribution in [1.29, 1.82) is 0 Å². The molecule has 114 valence electrons. The first-order valence-corrected chi connectivity index (χ1v) is 7.01. The summed E-state index contributed by atoms with van der Waals surface area (Å²) in [6.45, 7) is 4.75. The Morgan fingerprint density at radius 1 is 1.15 bits per heavy atom. The first-order valence-electron chi connectivity index (χ1n) is 7.01. The van der Waals surface area contributed by atoms with Gasteiger partial charge in [-0.2, -0.15) is 0 Å². The molecule has 0 aliphatic rings. The molecule has 0 fully saturated rings. The molecular weight excluding hydrogens is 256 g/mol. The van der Waals surface area contributed by atoms with E-state index in [0.717, 1.165) is 29.9 Å². The fourth-order valence-corrected chi connectivity index (χ4v) is 2.41. The number of ether oxygens (including phenoxy) is 3. The molecule has 5 nitrogen and oxygen atoms in total. The lowest BCUT2D eigenvalue weighted by Gasteiger charge is -2.29. The lowest BCUT2D eigenvalue weighted by atomic mass is 9.96. The summed E-state index contributed by atoms with van der Waals surface area (Å²) in [5.74, 6) is 7.26. The largest absolute Gasteiger partial charge is 0.496 e. The molecule has 1 rings (SSSR count). The van der Waals surface area contributed by atoms with Crippen molar-refractivity contribution in [3.05, 3.63) is 23.8 Å². The summed E-state index contributed by atoms with van der Waals surface area (Å²) in [6.07, 6.45) is 1.89. The smallest absolute Gasteiger partial charge is 0.127 e. The maximum Gasteiger partial charge on any atom is 0.127 e. The zero-order chi connectivity index (χ0) is 15.0. The van der Waals surface area contributed by atoms with Crippen LogP contribution in [0.25, 0.3) is 0 Å². The second-order valence-corrected chi connectivity index (χ2v) is 4.50. The van der Waals surface area contributed by atoms with Crippen LogP contribution in [0.15, 0.2) is 18.2 Å². The molecule has 0 aliphatic heterocycles. The van der Waals surface area contributed by atoms with E-state index in [1.54, 1.807) is 14.2 Å². The minimum Gasteiger partial charge on any atom is -0.496 e. The van der Waals surface area contributed by atoms with Gasteiger partial charge in [0.2, 0.25) is 0 Å². The van der Waals surface area contributed by atoms with E-state index >= 15 is 0 Å². The highest BCUT2D eigenvalue weighted by molar-refractivity contribution is 5.47. The topological polar surface area (TPSA) is 65.7 Å². The van der Waals surface area contributed by atoms with Crippen LogP contribution in [0.4, 0.5) is 0 Å². The average Bonchev–Trinajstić information content (AvgIpc) is 2.48. The minimum absolute atomic E-state index is 0.0276. The van der Waals surface area contributed by atoms with Crippen LogP contribution in [0.5, 0.6) is 11.5 Å². The molecule has 0 aliphatic carbocycles. The molecule has 0 saturated heterocycles. The highest BCUT2D eigenvalue weighted by Crippen LogP contribution is 2.37. The summed E-state index contributed by atoms with van der Waals surface area (Å²) in [4.78, 5) is 0. The number of hydrazine groups is 1. The van der Waals surface area contributed by atoms with Gasteiger partial charge in [-0.1, -0.05) is 19.4 Å². The van der Waals surface area contributed by atoms with E-state index in [-0.39, 0.29) is 12.1 Å². The molecular formula is C15H26N2O3. The van der Waals surface area contributed by atoms with Crippen LogP contribution in [0.1, 0.15) is 38.3 Å².